The number of carbonyl (C=O) groups is 1. The van der Waals surface area contributed by atoms with E-state index in [9.17, 15) is 9.18 Å². The smallest absolute Gasteiger partial charge is 0.153 e. The minimum Gasteiger partial charge on any atom is -0.298 e. The van der Waals surface area contributed by atoms with Crippen LogP contribution in [-0.2, 0) is 0 Å². The van der Waals surface area contributed by atoms with Gasteiger partial charge in [0.1, 0.15) is 5.82 Å². The summed E-state index contributed by atoms with van der Waals surface area (Å²) in [4.78, 5) is 10.8. The second-order valence-corrected chi connectivity index (χ2v) is 3.76. The number of carbonyl (C=O) groups excluding carboxylic acids is 1. The minimum atomic E-state index is -0.530. The summed E-state index contributed by atoms with van der Waals surface area (Å²) in [5.41, 5.74) is 0.778. The highest BCUT2D eigenvalue weighted by atomic mass is 35.5. The Morgan fingerprint density at radius 3 is 2.69 bits per heavy atom. The van der Waals surface area contributed by atoms with Crippen LogP contribution in [0.2, 0.25) is 5.02 Å². The molecule has 0 N–H and O–H groups in total. The first-order valence-electron chi connectivity index (χ1n) is 3.59. The molecular formula is C9H8ClFOS. The molecule has 1 aromatic carbocycles. The first kappa shape index (κ1) is 10.5. The number of halogens is 2. The zero-order valence-corrected chi connectivity index (χ0v) is 8.80. The van der Waals surface area contributed by atoms with Crippen molar-refractivity contribution in [2.24, 2.45) is 0 Å². The van der Waals surface area contributed by atoms with Crippen LogP contribution in [0.3, 0.4) is 0 Å². The van der Waals surface area contributed by atoms with Crippen molar-refractivity contribution >= 4 is 29.6 Å². The highest BCUT2D eigenvalue weighted by Crippen LogP contribution is 2.32. The fourth-order valence-corrected chi connectivity index (χ4v) is 2.04. The number of hydrogen-bond donors (Lipinski definition) is 0. The molecule has 1 rings (SSSR count). The average molecular weight is 219 g/mol. The zero-order chi connectivity index (χ0) is 10.0. The number of aldehydes is 1. The van der Waals surface area contributed by atoms with Crippen LogP contribution in [-0.4, -0.2) is 12.5 Å². The molecule has 0 aliphatic carbocycles. The van der Waals surface area contributed by atoms with Crippen molar-refractivity contribution in [3.63, 3.8) is 0 Å². The van der Waals surface area contributed by atoms with E-state index in [1.807, 2.05) is 0 Å². The van der Waals surface area contributed by atoms with Gasteiger partial charge in [0.05, 0.1) is 15.5 Å². The van der Waals surface area contributed by atoms with Crippen molar-refractivity contribution < 1.29 is 9.18 Å². The van der Waals surface area contributed by atoms with Crippen LogP contribution in [0.1, 0.15) is 15.9 Å². The summed E-state index contributed by atoms with van der Waals surface area (Å²) in [6, 6.07) is 1.45. The minimum absolute atomic E-state index is 0.0613. The molecule has 0 heterocycles. The maximum atomic E-state index is 13.4. The molecule has 0 unspecified atom stereocenters. The van der Waals surface area contributed by atoms with Gasteiger partial charge in [-0.25, -0.2) is 4.39 Å². The molecule has 0 saturated carbocycles. The van der Waals surface area contributed by atoms with Gasteiger partial charge in [0.15, 0.2) is 6.29 Å². The summed E-state index contributed by atoms with van der Waals surface area (Å²) < 4.78 is 13.4. The lowest BCUT2D eigenvalue weighted by Crippen LogP contribution is -1.94. The molecule has 0 atom stereocenters. The van der Waals surface area contributed by atoms with Crippen LogP contribution in [0.25, 0.3) is 0 Å². The van der Waals surface area contributed by atoms with Gasteiger partial charge in [-0.05, 0) is 24.8 Å². The van der Waals surface area contributed by atoms with Crippen molar-refractivity contribution in [3.8, 4) is 0 Å². The molecule has 0 saturated heterocycles. The topological polar surface area (TPSA) is 17.1 Å². The van der Waals surface area contributed by atoms with Crippen molar-refractivity contribution in [1.29, 1.82) is 0 Å². The highest BCUT2D eigenvalue weighted by Gasteiger charge is 2.13. The number of hydrogen-bond acceptors (Lipinski definition) is 2. The first-order chi connectivity index (χ1) is 6.11. The highest BCUT2D eigenvalue weighted by molar-refractivity contribution is 7.98. The quantitative estimate of drug-likeness (QED) is 0.560. The van der Waals surface area contributed by atoms with E-state index in [0.29, 0.717) is 16.2 Å². The SMILES string of the molecule is CSc1c(F)c(C=O)cc(C)c1Cl. The van der Waals surface area contributed by atoms with Crippen molar-refractivity contribution in [1.82, 2.24) is 0 Å². The summed E-state index contributed by atoms with van der Waals surface area (Å²) in [6.45, 7) is 1.74. The van der Waals surface area contributed by atoms with Gasteiger partial charge in [0.25, 0.3) is 0 Å². The molecule has 0 fully saturated rings. The molecule has 70 valence electrons. The summed E-state index contributed by atoms with van der Waals surface area (Å²) >= 11 is 7.05. The Morgan fingerprint density at radius 2 is 2.23 bits per heavy atom. The van der Waals surface area contributed by atoms with Gasteiger partial charge in [-0.1, -0.05) is 11.6 Å². The van der Waals surface area contributed by atoms with E-state index in [0.717, 1.165) is 5.56 Å². The molecule has 13 heavy (non-hydrogen) atoms. The predicted molar refractivity (Wildman–Crippen MR) is 53.3 cm³/mol. The molecule has 0 aliphatic rings. The van der Waals surface area contributed by atoms with Gasteiger partial charge in [0, 0.05) is 0 Å². The second kappa shape index (κ2) is 4.11. The van der Waals surface area contributed by atoms with Gasteiger partial charge in [0.2, 0.25) is 0 Å². The Bertz CT molecular complexity index is 352. The van der Waals surface area contributed by atoms with Crippen LogP contribution in [0.4, 0.5) is 4.39 Å². The molecule has 4 heteroatoms. The monoisotopic (exact) mass is 218 g/mol. The molecule has 0 spiro atoms. The number of benzene rings is 1. The van der Waals surface area contributed by atoms with Gasteiger partial charge in [-0.3, -0.25) is 4.79 Å². The van der Waals surface area contributed by atoms with E-state index in [1.54, 1.807) is 13.2 Å². The van der Waals surface area contributed by atoms with Gasteiger partial charge < -0.3 is 0 Å². The Balaban J connectivity index is 3.47. The number of rotatable bonds is 2. The van der Waals surface area contributed by atoms with E-state index in [2.05, 4.69) is 0 Å². The molecule has 0 aromatic heterocycles. The van der Waals surface area contributed by atoms with Crippen LogP contribution in [0.15, 0.2) is 11.0 Å². The molecule has 1 nitrogen and oxygen atoms in total. The first-order valence-corrected chi connectivity index (χ1v) is 5.19. The van der Waals surface area contributed by atoms with Crippen LogP contribution >= 0.6 is 23.4 Å². The third-order valence-corrected chi connectivity index (χ3v) is 3.09. The normalized spacial score (nSPS) is 10.2. The molecule has 0 amide bonds. The molecule has 1 aromatic rings. The van der Waals surface area contributed by atoms with Crippen molar-refractivity contribution in [2.75, 3.05) is 6.26 Å². The summed E-state index contributed by atoms with van der Waals surface area (Å²) in [6.07, 6.45) is 2.22. The Labute approximate surface area is 85.3 Å². The third-order valence-electron chi connectivity index (χ3n) is 1.70. The lowest BCUT2D eigenvalue weighted by Gasteiger charge is -2.07. The third kappa shape index (κ3) is 1.86. The summed E-state index contributed by atoms with van der Waals surface area (Å²) in [5.74, 6) is -0.530. The van der Waals surface area contributed by atoms with Gasteiger partial charge in [-0.15, -0.1) is 11.8 Å². The predicted octanol–water partition coefficient (Wildman–Crippen LogP) is 3.32. The van der Waals surface area contributed by atoms with Crippen molar-refractivity contribution in [3.05, 3.63) is 28.0 Å². The Kier molecular flexibility index (Phi) is 3.33. The lowest BCUT2D eigenvalue weighted by molar-refractivity contribution is 0.111. The average Bonchev–Trinajstić information content (AvgIpc) is 2.12. The van der Waals surface area contributed by atoms with E-state index >= 15 is 0 Å². The van der Waals surface area contributed by atoms with Crippen LogP contribution in [0, 0.1) is 12.7 Å². The maximum absolute atomic E-state index is 13.4. The Hall–Kier alpha value is -0.540. The maximum Gasteiger partial charge on any atom is 0.153 e. The van der Waals surface area contributed by atoms with Crippen LogP contribution in [0.5, 0.6) is 0 Å². The van der Waals surface area contributed by atoms with Gasteiger partial charge >= 0.3 is 0 Å². The largest absolute Gasteiger partial charge is 0.298 e. The Morgan fingerprint density at radius 1 is 1.62 bits per heavy atom. The van der Waals surface area contributed by atoms with E-state index < -0.39 is 5.82 Å². The fourth-order valence-electron chi connectivity index (χ4n) is 1.03. The van der Waals surface area contributed by atoms with E-state index in [1.165, 1.54) is 17.8 Å². The summed E-state index contributed by atoms with van der Waals surface area (Å²) in [7, 11) is 0. The molecular weight excluding hydrogens is 211 g/mol. The van der Waals surface area contributed by atoms with E-state index in [-0.39, 0.29) is 5.56 Å². The molecule has 0 radical (unpaired) electrons. The second-order valence-electron chi connectivity index (χ2n) is 2.56. The standard InChI is InChI=1S/C9H8ClFOS/c1-5-3-6(4-12)8(11)9(13-2)7(5)10/h3-4H,1-2H3. The summed E-state index contributed by atoms with van der Waals surface area (Å²) in [5, 5.41) is 0.385. The lowest BCUT2D eigenvalue weighted by atomic mass is 10.1. The number of aryl methyl sites for hydroxylation is 1. The molecule has 0 bridgehead atoms. The van der Waals surface area contributed by atoms with E-state index in [4.69, 9.17) is 11.6 Å². The van der Waals surface area contributed by atoms with Crippen LogP contribution < -0.4 is 0 Å². The van der Waals surface area contributed by atoms with Gasteiger partial charge in [-0.2, -0.15) is 0 Å². The zero-order valence-electron chi connectivity index (χ0n) is 7.23. The number of thioether (sulfide) groups is 1. The fraction of sp³-hybridized carbons (Fsp3) is 0.222. The van der Waals surface area contributed by atoms with Crippen molar-refractivity contribution in [2.45, 2.75) is 11.8 Å². The molecule has 0 aliphatic heterocycles.